The van der Waals surface area contributed by atoms with E-state index in [0.717, 1.165) is 0 Å². The predicted octanol–water partition coefficient (Wildman–Crippen LogP) is 0.565. The van der Waals surface area contributed by atoms with Crippen molar-refractivity contribution in [3.8, 4) is 17.2 Å². The first kappa shape index (κ1) is 20.7. The molecule has 1 N–H and O–H groups in total. The lowest BCUT2D eigenvalue weighted by molar-refractivity contribution is -0.110. The molecule has 0 aromatic heterocycles. The topological polar surface area (TPSA) is 95.6 Å². The molecule has 0 radical (unpaired) electrons. The first-order valence-electron chi connectivity index (χ1n) is 8.02. The first-order valence-corrected chi connectivity index (χ1v) is 9.57. The Labute approximate surface area is 154 Å². The smallest absolute Gasteiger partial charge is 0.218 e. The summed E-state index contributed by atoms with van der Waals surface area (Å²) < 4.78 is 48.9. The monoisotopic (exact) mass is 390 g/mol. The third-order valence-electron chi connectivity index (χ3n) is 4.22. The zero-order valence-corrected chi connectivity index (χ0v) is 16.5. The van der Waals surface area contributed by atoms with Crippen LogP contribution in [-0.2, 0) is 19.6 Å². The summed E-state index contributed by atoms with van der Waals surface area (Å²) in [7, 11) is 4.11. The predicted molar refractivity (Wildman–Crippen MR) is 95.1 cm³/mol. The summed E-state index contributed by atoms with van der Waals surface area (Å²) in [4.78, 5) is 5.50. The quantitative estimate of drug-likeness (QED) is 0.612. The van der Waals surface area contributed by atoms with Gasteiger partial charge in [-0.15, -0.1) is 0 Å². The molecule has 0 aliphatic carbocycles. The second-order valence-corrected chi connectivity index (χ2v) is 7.70. The lowest BCUT2D eigenvalue weighted by Gasteiger charge is -2.24. The lowest BCUT2D eigenvalue weighted by Crippen LogP contribution is -2.40. The second kappa shape index (κ2) is 8.87. The Balaban J connectivity index is 2.41. The van der Waals surface area contributed by atoms with Gasteiger partial charge >= 0.3 is 0 Å². The number of hydrogen-bond acceptors (Lipinski definition) is 8. The van der Waals surface area contributed by atoms with E-state index in [9.17, 15) is 8.42 Å². The summed E-state index contributed by atoms with van der Waals surface area (Å²) in [6, 6.07) is 2.92. The average molecular weight is 390 g/mol. The summed E-state index contributed by atoms with van der Waals surface area (Å²) in [6.45, 7) is 0.526. The van der Waals surface area contributed by atoms with Crippen LogP contribution in [0.15, 0.2) is 12.1 Å². The van der Waals surface area contributed by atoms with E-state index in [1.165, 1.54) is 33.5 Å². The number of rotatable bonds is 9. The molecule has 26 heavy (non-hydrogen) atoms. The van der Waals surface area contributed by atoms with Gasteiger partial charge in [-0.05, 0) is 17.7 Å². The highest BCUT2D eigenvalue weighted by Crippen LogP contribution is 2.43. The van der Waals surface area contributed by atoms with E-state index in [0.29, 0.717) is 22.8 Å². The number of ether oxygens (including phenoxy) is 4. The van der Waals surface area contributed by atoms with Gasteiger partial charge in [0.05, 0.1) is 40.6 Å². The first-order chi connectivity index (χ1) is 12.4. The molecule has 1 aromatic rings. The second-order valence-electron chi connectivity index (χ2n) is 5.72. The molecule has 10 heteroatoms. The largest absolute Gasteiger partial charge is 0.493 e. The maximum absolute atomic E-state index is 12.7. The van der Waals surface area contributed by atoms with Crippen molar-refractivity contribution in [2.24, 2.45) is 0 Å². The molecule has 1 saturated heterocycles. The van der Waals surface area contributed by atoms with E-state index in [1.807, 2.05) is 0 Å². The Bertz CT molecular complexity index is 686. The van der Waals surface area contributed by atoms with Gasteiger partial charge in [0.1, 0.15) is 5.25 Å². The Kier molecular flexibility index (Phi) is 7.07. The summed E-state index contributed by atoms with van der Waals surface area (Å²) >= 11 is 0. The Morgan fingerprint density at radius 3 is 2.27 bits per heavy atom. The molecule has 1 heterocycles. The van der Waals surface area contributed by atoms with Crippen molar-refractivity contribution in [3.63, 3.8) is 0 Å². The highest BCUT2D eigenvalue weighted by Gasteiger charge is 2.43. The van der Waals surface area contributed by atoms with Gasteiger partial charge in [0.2, 0.25) is 15.8 Å². The Morgan fingerprint density at radius 1 is 1.15 bits per heavy atom. The van der Waals surface area contributed by atoms with E-state index in [-0.39, 0.29) is 19.8 Å². The van der Waals surface area contributed by atoms with E-state index in [2.05, 4.69) is 4.72 Å². The molecule has 148 valence electrons. The fourth-order valence-electron chi connectivity index (χ4n) is 2.95. The summed E-state index contributed by atoms with van der Waals surface area (Å²) in [5.41, 5.74) is 0.682. The highest BCUT2D eigenvalue weighted by molar-refractivity contribution is 7.90. The number of sulfonamides is 1. The van der Waals surface area contributed by atoms with E-state index >= 15 is 0 Å². The van der Waals surface area contributed by atoms with Crippen molar-refractivity contribution in [1.82, 2.24) is 9.79 Å². The van der Waals surface area contributed by atoms with Crippen molar-refractivity contribution in [2.75, 3.05) is 55.2 Å². The van der Waals surface area contributed by atoms with Crippen LogP contribution in [-0.4, -0.2) is 74.0 Å². The molecule has 1 aromatic carbocycles. The molecule has 1 aliphatic rings. The zero-order valence-electron chi connectivity index (χ0n) is 15.6. The third-order valence-corrected chi connectivity index (χ3v) is 6.02. The number of hydroxylamine groups is 2. The highest BCUT2D eigenvalue weighted by atomic mass is 32.2. The van der Waals surface area contributed by atoms with Gasteiger partial charge in [-0.3, -0.25) is 4.84 Å². The van der Waals surface area contributed by atoms with Gasteiger partial charge in [0.25, 0.3) is 0 Å². The minimum atomic E-state index is -3.63. The normalized spacial score (nSPS) is 21.0. The summed E-state index contributed by atoms with van der Waals surface area (Å²) in [6.07, 6.45) is 0. The van der Waals surface area contributed by atoms with Crippen molar-refractivity contribution in [2.45, 2.75) is 11.3 Å². The van der Waals surface area contributed by atoms with Crippen molar-refractivity contribution >= 4 is 10.0 Å². The van der Waals surface area contributed by atoms with Crippen LogP contribution >= 0.6 is 0 Å². The van der Waals surface area contributed by atoms with Gasteiger partial charge in [-0.1, -0.05) is 0 Å². The number of nitrogens with zero attached hydrogens (tertiary/aromatic N) is 1. The molecular weight excluding hydrogens is 364 g/mol. The maximum Gasteiger partial charge on any atom is 0.218 e. The van der Waals surface area contributed by atoms with Gasteiger partial charge in [-0.25, -0.2) is 13.1 Å². The molecule has 2 rings (SSSR count). The van der Waals surface area contributed by atoms with Crippen LogP contribution < -0.4 is 18.9 Å². The van der Waals surface area contributed by atoms with Crippen LogP contribution in [0, 0.1) is 0 Å². The Hall–Kier alpha value is -1.59. The molecule has 0 unspecified atom stereocenters. The van der Waals surface area contributed by atoms with Gasteiger partial charge in [0.15, 0.2) is 11.5 Å². The van der Waals surface area contributed by atoms with Crippen LogP contribution in [0.5, 0.6) is 17.2 Å². The molecule has 0 saturated carbocycles. The molecule has 0 spiro atoms. The van der Waals surface area contributed by atoms with Crippen LogP contribution in [0.3, 0.4) is 0 Å². The van der Waals surface area contributed by atoms with Crippen molar-refractivity contribution in [1.29, 1.82) is 0 Å². The van der Waals surface area contributed by atoms with E-state index in [1.54, 1.807) is 19.2 Å². The molecule has 1 aliphatic heterocycles. The van der Waals surface area contributed by atoms with Crippen molar-refractivity contribution in [3.05, 3.63) is 17.7 Å². The lowest BCUT2D eigenvalue weighted by atomic mass is 10.0. The van der Waals surface area contributed by atoms with Gasteiger partial charge in [0, 0.05) is 20.7 Å². The van der Waals surface area contributed by atoms with E-state index in [4.69, 9.17) is 23.8 Å². The summed E-state index contributed by atoms with van der Waals surface area (Å²) in [5, 5.41) is 0.730. The molecule has 0 bridgehead atoms. The average Bonchev–Trinajstić information content (AvgIpc) is 3.02. The molecule has 1 fully saturated rings. The molecule has 0 amide bonds. The van der Waals surface area contributed by atoms with E-state index < -0.39 is 21.3 Å². The number of benzene rings is 1. The number of methoxy groups -OCH3 is 4. The van der Waals surface area contributed by atoms with Gasteiger partial charge < -0.3 is 18.9 Å². The fraction of sp³-hybridized carbons (Fsp3) is 0.625. The zero-order chi connectivity index (χ0) is 19.3. The SMILES string of the molecule is COCCNS(=O)(=O)[C@@H]1CON(C)[C@H]1c1cc(OC)c(OC)c(OC)c1. The third kappa shape index (κ3) is 4.21. The number of nitrogens with one attached hydrogen (secondary N) is 1. The van der Waals surface area contributed by atoms with Crippen LogP contribution in [0.1, 0.15) is 11.6 Å². The summed E-state index contributed by atoms with van der Waals surface area (Å²) in [5.74, 6) is 1.34. The minimum Gasteiger partial charge on any atom is -0.493 e. The number of hydrogen-bond donors (Lipinski definition) is 1. The van der Waals surface area contributed by atoms with Crippen LogP contribution in [0.2, 0.25) is 0 Å². The Morgan fingerprint density at radius 2 is 1.77 bits per heavy atom. The van der Waals surface area contributed by atoms with Crippen LogP contribution in [0.25, 0.3) is 0 Å². The van der Waals surface area contributed by atoms with Crippen molar-refractivity contribution < 1.29 is 32.2 Å². The standard InChI is InChI=1S/C16H26N2O7S/c1-18-15(14(10-25-18)26(19,20)17-6-7-21-2)11-8-12(22-3)16(24-5)13(9-11)23-4/h8-9,14-15,17H,6-7,10H2,1-5H3/t14-,15+/m1/s1. The minimum absolute atomic E-state index is 0.0418. The molecule has 9 nitrogen and oxygen atoms in total. The van der Waals surface area contributed by atoms with Crippen LogP contribution in [0.4, 0.5) is 0 Å². The molecular formula is C16H26N2O7S. The molecule has 2 atom stereocenters. The fourth-order valence-corrected chi connectivity index (χ4v) is 4.44. The van der Waals surface area contributed by atoms with Gasteiger partial charge in [-0.2, -0.15) is 5.06 Å². The maximum atomic E-state index is 12.7.